The van der Waals surface area contributed by atoms with Crippen LogP contribution in [0.4, 0.5) is 8.78 Å². The molecule has 0 aromatic heterocycles. The Balaban J connectivity index is 0.00000256. The SMILES string of the molecule is CNCCNC(=O)c1cc(F)c(F)cc1I.Cl. The fourth-order valence-electron chi connectivity index (χ4n) is 1.09. The van der Waals surface area contributed by atoms with E-state index in [1.165, 1.54) is 0 Å². The van der Waals surface area contributed by atoms with E-state index in [1.54, 1.807) is 29.6 Å². The topological polar surface area (TPSA) is 41.1 Å². The molecule has 1 aromatic rings. The van der Waals surface area contributed by atoms with Crippen LogP contribution in [-0.2, 0) is 0 Å². The Kier molecular flexibility index (Phi) is 7.56. The molecule has 0 radical (unpaired) electrons. The van der Waals surface area contributed by atoms with Crippen molar-refractivity contribution >= 4 is 40.9 Å². The number of hydrogen-bond donors (Lipinski definition) is 2. The van der Waals surface area contributed by atoms with Crippen molar-refractivity contribution in [1.29, 1.82) is 0 Å². The maximum absolute atomic E-state index is 12.9. The van der Waals surface area contributed by atoms with Crippen molar-refractivity contribution in [2.24, 2.45) is 0 Å². The van der Waals surface area contributed by atoms with Gasteiger partial charge < -0.3 is 10.6 Å². The molecule has 0 bridgehead atoms. The predicted octanol–water partition coefficient (Wildman–Crippen LogP) is 1.94. The van der Waals surface area contributed by atoms with E-state index in [9.17, 15) is 13.6 Å². The molecule has 96 valence electrons. The van der Waals surface area contributed by atoms with Gasteiger partial charge in [-0.25, -0.2) is 8.78 Å². The van der Waals surface area contributed by atoms with Gasteiger partial charge in [-0.15, -0.1) is 12.4 Å². The molecule has 0 spiro atoms. The summed E-state index contributed by atoms with van der Waals surface area (Å²) in [7, 11) is 1.76. The average molecular weight is 377 g/mol. The summed E-state index contributed by atoms with van der Waals surface area (Å²) in [4.78, 5) is 11.6. The molecule has 0 saturated carbocycles. The number of amides is 1. The number of nitrogens with one attached hydrogen (secondary N) is 2. The molecule has 2 N–H and O–H groups in total. The number of hydrogen-bond acceptors (Lipinski definition) is 2. The zero-order valence-corrected chi connectivity index (χ0v) is 12.0. The van der Waals surface area contributed by atoms with Gasteiger partial charge in [-0.3, -0.25) is 4.79 Å². The molecular formula is C10H12ClF2IN2O. The van der Waals surface area contributed by atoms with Crippen molar-refractivity contribution in [2.45, 2.75) is 0 Å². The number of halogens is 4. The van der Waals surface area contributed by atoms with Crippen molar-refractivity contribution in [2.75, 3.05) is 20.1 Å². The van der Waals surface area contributed by atoms with E-state index in [0.717, 1.165) is 12.1 Å². The second-order valence-electron chi connectivity index (χ2n) is 3.11. The summed E-state index contributed by atoms with van der Waals surface area (Å²) in [6.07, 6.45) is 0. The van der Waals surface area contributed by atoms with Crippen LogP contribution in [0.3, 0.4) is 0 Å². The van der Waals surface area contributed by atoms with Gasteiger partial charge >= 0.3 is 0 Å². The Labute approximate surface area is 118 Å². The monoisotopic (exact) mass is 376 g/mol. The molecular weight excluding hydrogens is 364 g/mol. The molecule has 1 amide bonds. The van der Waals surface area contributed by atoms with Gasteiger partial charge in [0, 0.05) is 16.7 Å². The molecule has 0 aliphatic carbocycles. The second kappa shape index (κ2) is 7.78. The average Bonchev–Trinajstić information content (AvgIpc) is 2.23. The largest absolute Gasteiger partial charge is 0.351 e. The smallest absolute Gasteiger partial charge is 0.252 e. The highest BCUT2D eigenvalue weighted by molar-refractivity contribution is 14.1. The normalized spacial score (nSPS) is 9.65. The summed E-state index contributed by atoms with van der Waals surface area (Å²) in [6.45, 7) is 1.05. The fourth-order valence-corrected chi connectivity index (χ4v) is 1.77. The van der Waals surface area contributed by atoms with Gasteiger partial charge in [0.25, 0.3) is 5.91 Å². The summed E-state index contributed by atoms with van der Waals surface area (Å²) >= 11 is 1.80. The first-order valence-corrected chi connectivity index (χ1v) is 5.71. The van der Waals surface area contributed by atoms with Gasteiger partial charge in [0.2, 0.25) is 0 Å². The summed E-state index contributed by atoms with van der Waals surface area (Å²) in [5.74, 6) is -2.37. The van der Waals surface area contributed by atoms with Gasteiger partial charge in [0.15, 0.2) is 11.6 Å². The second-order valence-corrected chi connectivity index (χ2v) is 4.27. The lowest BCUT2D eigenvalue weighted by atomic mass is 10.2. The van der Waals surface area contributed by atoms with Gasteiger partial charge in [0.1, 0.15) is 0 Å². The molecule has 0 fully saturated rings. The van der Waals surface area contributed by atoms with Crippen LogP contribution < -0.4 is 10.6 Å². The number of likely N-dealkylation sites (N-methyl/N-ethyl adjacent to an activating group) is 1. The van der Waals surface area contributed by atoms with Gasteiger partial charge in [-0.1, -0.05) is 0 Å². The van der Waals surface area contributed by atoms with Crippen molar-refractivity contribution in [3.63, 3.8) is 0 Å². The van der Waals surface area contributed by atoms with Gasteiger partial charge in [-0.2, -0.15) is 0 Å². The van der Waals surface area contributed by atoms with Crippen LogP contribution in [0.25, 0.3) is 0 Å². The third-order valence-corrected chi connectivity index (χ3v) is 2.81. The van der Waals surface area contributed by atoms with E-state index >= 15 is 0 Å². The van der Waals surface area contributed by atoms with E-state index in [4.69, 9.17) is 0 Å². The van der Waals surface area contributed by atoms with Crippen molar-refractivity contribution in [1.82, 2.24) is 10.6 Å². The van der Waals surface area contributed by atoms with E-state index in [1.807, 2.05) is 0 Å². The first kappa shape index (κ1) is 16.5. The summed E-state index contributed by atoms with van der Waals surface area (Å²) < 4.78 is 26.1. The van der Waals surface area contributed by atoms with Crippen molar-refractivity contribution in [3.05, 3.63) is 32.9 Å². The van der Waals surface area contributed by atoms with Gasteiger partial charge in [-0.05, 0) is 41.8 Å². The maximum atomic E-state index is 12.9. The molecule has 17 heavy (non-hydrogen) atoms. The minimum atomic E-state index is -1.01. The number of carbonyl (C=O) groups excluding carboxylic acids is 1. The van der Waals surface area contributed by atoms with Crippen LogP contribution in [-0.4, -0.2) is 26.0 Å². The minimum absolute atomic E-state index is 0. The molecule has 3 nitrogen and oxygen atoms in total. The van der Waals surface area contributed by atoms with Crippen molar-refractivity contribution in [3.8, 4) is 0 Å². The van der Waals surface area contributed by atoms with Crippen LogP contribution in [0.1, 0.15) is 10.4 Å². The van der Waals surface area contributed by atoms with E-state index in [-0.39, 0.29) is 18.0 Å². The molecule has 0 aliphatic heterocycles. The lowest BCUT2D eigenvalue weighted by Crippen LogP contribution is -2.31. The maximum Gasteiger partial charge on any atom is 0.252 e. The number of benzene rings is 1. The van der Waals surface area contributed by atoms with Crippen molar-refractivity contribution < 1.29 is 13.6 Å². The van der Waals surface area contributed by atoms with Crippen LogP contribution in [0.15, 0.2) is 12.1 Å². The zero-order valence-electron chi connectivity index (χ0n) is 9.02. The van der Waals surface area contributed by atoms with Crippen LogP contribution in [0.2, 0.25) is 0 Å². The molecule has 0 aliphatic rings. The van der Waals surface area contributed by atoms with E-state index in [0.29, 0.717) is 16.7 Å². The summed E-state index contributed by atoms with van der Waals surface area (Å²) in [6, 6.07) is 1.91. The summed E-state index contributed by atoms with van der Waals surface area (Å²) in [5.41, 5.74) is 0.149. The molecule has 0 unspecified atom stereocenters. The molecule has 0 saturated heterocycles. The molecule has 0 heterocycles. The van der Waals surface area contributed by atoms with Crippen LogP contribution in [0.5, 0.6) is 0 Å². The Morgan fingerprint density at radius 3 is 2.47 bits per heavy atom. The molecule has 1 rings (SSSR count). The first-order chi connectivity index (χ1) is 7.56. The molecule has 7 heteroatoms. The van der Waals surface area contributed by atoms with E-state index < -0.39 is 17.5 Å². The molecule has 1 aromatic carbocycles. The highest BCUT2D eigenvalue weighted by Crippen LogP contribution is 2.16. The van der Waals surface area contributed by atoms with E-state index in [2.05, 4.69) is 10.6 Å². The Hall–Kier alpha value is -0.470. The zero-order chi connectivity index (χ0) is 12.1. The lowest BCUT2D eigenvalue weighted by Gasteiger charge is -2.07. The third kappa shape index (κ3) is 4.72. The number of rotatable bonds is 4. The third-order valence-electron chi connectivity index (χ3n) is 1.92. The fraction of sp³-hybridized carbons (Fsp3) is 0.300. The lowest BCUT2D eigenvalue weighted by molar-refractivity contribution is 0.0952. The summed E-state index contributed by atoms with van der Waals surface area (Å²) in [5, 5.41) is 5.45. The highest BCUT2D eigenvalue weighted by atomic mass is 127. The highest BCUT2D eigenvalue weighted by Gasteiger charge is 2.13. The standard InChI is InChI=1S/C10H11F2IN2O.ClH/c1-14-2-3-15-10(16)6-4-7(11)8(12)5-9(6)13;/h4-5,14H,2-3H2,1H3,(H,15,16);1H. The van der Waals surface area contributed by atoms with Crippen LogP contribution in [0, 0.1) is 15.2 Å². The quantitative estimate of drug-likeness (QED) is 0.479. The Bertz CT molecular complexity index is 404. The number of carbonyl (C=O) groups is 1. The molecule has 0 atom stereocenters. The minimum Gasteiger partial charge on any atom is -0.351 e. The Morgan fingerprint density at radius 1 is 1.29 bits per heavy atom. The van der Waals surface area contributed by atoms with Crippen LogP contribution >= 0.6 is 35.0 Å². The first-order valence-electron chi connectivity index (χ1n) is 4.63. The predicted molar refractivity (Wildman–Crippen MR) is 72.6 cm³/mol. The van der Waals surface area contributed by atoms with Gasteiger partial charge in [0.05, 0.1) is 5.56 Å². The Morgan fingerprint density at radius 2 is 1.88 bits per heavy atom.